The number of benzene rings is 2. The van der Waals surface area contributed by atoms with Crippen molar-refractivity contribution in [1.29, 1.82) is 0 Å². The van der Waals surface area contributed by atoms with Crippen LogP contribution in [0, 0.1) is 0 Å². The van der Waals surface area contributed by atoms with Crippen molar-refractivity contribution >= 4 is 32.8 Å². The summed E-state index contributed by atoms with van der Waals surface area (Å²) >= 11 is 1.61. The number of anilines is 1. The highest BCUT2D eigenvalue weighted by Gasteiger charge is 2.13. The van der Waals surface area contributed by atoms with Crippen molar-refractivity contribution in [2.75, 3.05) is 11.1 Å². The number of nitrogens with one attached hydrogen (secondary N) is 1. The number of hydrogen-bond acceptors (Lipinski definition) is 5. The van der Waals surface area contributed by atoms with Gasteiger partial charge in [-0.1, -0.05) is 25.1 Å². The summed E-state index contributed by atoms with van der Waals surface area (Å²) in [6.07, 6.45) is 0. The number of rotatable bonds is 7. The quantitative estimate of drug-likeness (QED) is 0.638. The van der Waals surface area contributed by atoms with Crippen LogP contribution in [0.15, 0.2) is 70.9 Å². The highest BCUT2D eigenvalue weighted by Crippen LogP contribution is 2.20. The van der Waals surface area contributed by atoms with Crippen LogP contribution < -0.4 is 10.1 Å². The highest BCUT2D eigenvalue weighted by atomic mass is 32.2. The smallest absolute Gasteiger partial charge is 0.255 e. The molecule has 0 saturated carbocycles. The van der Waals surface area contributed by atoms with Gasteiger partial charge in [0.05, 0.1) is 10.6 Å². The predicted octanol–water partition coefficient (Wildman–Crippen LogP) is 4.37. The Labute approximate surface area is 162 Å². The molecule has 0 aliphatic heterocycles. The first-order chi connectivity index (χ1) is 13.0. The molecule has 0 aliphatic carbocycles. The van der Waals surface area contributed by atoms with Crippen molar-refractivity contribution in [3.05, 3.63) is 76.5 Å². The monoisotopic (exact) mass is 401 g/mol. The molecule has 0 unspecified atom stereocenters. The summed E-state index contributed by atoms with van der Waals surface area (Å²) in [5.41, 5.74) is 0.863. The van der Waals surface area contributed by atoms with Crippen LogP contribution in [0.2, 0.25) is 0 Å². The first-order valence-electron chi connectivity index (χ1n) is 8.37. The third-order valence-corrected chi connectivity index (χ3v) is 6.47. The SMILES string of the molecule is CCS(=O)(=O)c1cccc(NC(=O)c2cccc(OCc3cccs3)c2)c1. The van der Waals surface area contributed by atoms with Crippen molar-refractivity contribution < 1.29 is 17.9 Å². The third kappa shape index (κ3) is 4.96. The molecule has 0 bridgehead atoms. The molecule has 0 spiro atoms. The second-order valence-electron chi connectivity index (χ2n) is 5.78. The maximum Gasteiger partial charge on any atom is 0.255 e. The summed E-state index contributed by atoms with van der Waals surface area (Å²) in [6.45, 7) is 2.03. The van der Waals surface area contributed by atoms with Crippen molar-refractivity contribution in [3.63, 3.8) is 0 Å². The minimum absolute atomic E-state index is 0.00796. The highest BCUT2D eigenvalue weighted by molar-refractivity contribution is 7.91. The van der Waals surface area contributed by atoms with Gasteiger partial charge in [-0.3, -0.25) is 4.79 Å². The molecule has 1 amide bonds. The number of sulfone groups is 1. The minimum Gasteiger partial charge on any atom is -0.488 e. The third-order valence-electron chi connectivity index (χ3n) is 3.89. The summed E-state index contributed by atoms with van der Waals surface area (Å²) in [5, 5.41) is 4.72. The Hall–Kier alpha value is -2.64. The topological polar surface area (TPSA) is 72.5 Å². The van der Waals surface area contributed by atoms with Crippen LogP contribution in [-0.4, -0.2) is 20.1 Å². The molecule has 7 heteroatoms. The molecule has 0 fully saturated rings. The number of carbonyl (C=O) groups excluding carboxylic acids is 1. The maximum atomic E-state index is 12.5. The van der Waals surface area contributed by atoms with Crippen molar-refractivity contribution in [3.8, 4) is 5.75 Å². The van der Waals surface area contributed by atoms with Gasteiger partial charge >= 0.3 is 0 Å². The molecule has 140 valence electrons. The molecule has 5 nitrogen and oxygen atoms in total. The molecule has 27 heavy (non-hydrogen) atoms. The Balaban J connectivity index is 1.71. The van der Waals surface area contributed by atoms with E-state index in [0.717, 1.165) is 4.88 Å². The van der Waals surface area contributed by atoms with Gasteiger partial charge in [0, 0.05) is 16.1 Å². The molecular weight excluding hydrogens is 382 g/mol. The average Bonchev–Trinajstić information content (AvgIpc) is 3.20. The Morgan fingerprint density at radius 3 is 2.63 bits per heavy atom. The van der Waals surface area contributed by atoms with Gasteiger partial charge in [-0.05, 0) is 47.8 Å². The lowest BCUT2D eigenvalue weighted by Crippen LogP contribution is -2.13. The van der Waals surface area contributed by atoms with Crippen molar-refractivity contribution in [1.82, 2.24) is 0 Å². The number of thiophene rings is 1. The minimum atomic E-state index is -3.33. The van der Waals surface area contributed by atoms with Crippen LogP contribution >= 0.6 is 11.3 Å². The van der Waals surface area contributed by atoms with Crippen LogP contribution in [0.4, 0.5) is 5.69 Å². The van der Waals surface area contributed by atoms with Gasteiger partial charge in [-0.2, -0.15) is 0 Å². The average molecular weight is 402 g/mol. The second-order valence-corrected chi connectivity index (χ2v) is 9.09. The summed E-state index contributed by atoms with van der Waals surface area (Å²) in [6, 6.07) is 17.1. The first kappa shape index (κ1) is 19.1. The zero-order valence-corrected chi connectivity index (χ0v) is 16.3. The van der Waals surface area contributed by atoms with Crippen LogP contribution in [0.25, 0.3) is 0 Å². The van der Waals surface area contributed by atoms with Gasteiger partial charge in [0.15, 0.2) is 9.84 Å². The summed E-state index contributed by atoms with van der Waals surface area (Å²) < 4.78 is 29.7. The zero-order valence-electron chi connectivity index (χ0n) is 14.7. The number of hydrogen-bond donors (Lipinski definition) is 1. The van der Waals surface area contributed by atoms with Gasteiger partial charge in [-0.25, -0.2) is 8.42 Å². The standard InChI is InChI=1S/C20H19NO4S2/c1-2-27(23,24)19-10-4-7-16(13-19)21-20(22)15-6-3-8-17(12-15)25-14-18-9-5-11-26-18/h3-13H,2,14H2,1H3,(H,21,22). The first-order valence-corrected chi connectivity index (χ1v) is 10.9. The molecular formula is C20H19NO4S2. The fourth-order valence-electron chi connectivity index (χ4n) is 2.41. The van der Waals surface area contributed by atoms with E-state index < -0.39 is 9.84 Å². The van der Waals surface area contributed by atoms with Gasteiger partial charge in [0.25, 0.3) is 5.91 Å². The number of ether oxygens (including phenoxy) is 1. The lowest BCUT2D eigenvalue weighted by atomic mass is 10.2. The lowest BCUT2D eigenvalue weighted by molar-refractivity contribution is 0.102. The van der Waals surface area contributed by atoms with Gasteiger partial charge in [0.2, 0.25) is 0 Å². The number of carbonyl (C=O) groups is 1. The van der Waals surface area contributed by atoms with E-state index in [2.05, 4.69) is 5.32 Å². The molecule has 1 N–H and O–H groups in total. The molecule has 1 heterocycles. The number of amides is 1. The zero-order chi connectivity index (χ0) is 19.3. The van der Waals surface area contributed by atoms with Crippen molar-refractivity contribution in [2.24, 2.45) is 0 Å². The van der Waals surface area contributed by atoms with Crippen LogP contribution in [-0.2, 0) is 16.4 Å². The van der Waals surface area contributed by atoms with Crippen LogP contribution in [0.3, 0.4) is 0 Å². The molecule has 3 aromatic rings. The normalized spacial score (nSPS) is 11.1. The van der Waals surface area contributed by atoms with Crippen LogP contribution in [0.1, 0.15) is 22.2 Å². The van der Waals surface area contributed by atoms with E-state index in [1.807, 2.05) is 17.5 Å². The van der Waals surface area contributed by atoms with E-state index in [1.54, 1.807) is 54.7 Å². The molecule has 0 atom stereocenters. The maximum absolute atomic E-state index is 12.5. The van der Waals surface area contributed by atoms with Gasteiger partial charge < -0.3 is 10.1 Å². The lowest BCUT2D eigenvalue weighted by Gasteiger charge is -2.09. The van der Waals surface area contributed by atoms with Crippen LogP contribution in [0.5, 0.6) is 5.75 Å². The van der Waals surface area contributed by atoms with Crippen molar-refractivity contribution in [2.45, 2.75) is 18.4 Å². The van der Waals surface area contributed by atoms with E-state index >= 15 is 0 Å². The molecule has 0 radical (unpaired) electrons. The Bertz CT molecular complexity index is 1030. The molecule has 0 saturated heterocycles. The summed E-state index contributed by atoms with van der Waals surface area (Å²) in [4.78, 5) is 13.8. The van der Waals surface area contributed by atoms with E-state index in [9.17, 15) is 13.2 Å². The summed E-state index contributed by atoms with van der Waals surface area (Å²) in [5.74, 6) is 0.273. The Morgan fingerprint density at radius 1 is 1.07 bits per heavy atom. The second kappa shape index (κ2) is 8.37. The fraction of sp³-hybridized carbons (Fsp3) is 0.150. The summed E-state index contributed by atoms with van der Waals surface area (Å²) in [7, 11) is -3.33. The van der Waals surface area contributed by atoms with E-state index in [1.165, 1.54) is 12.1 Å². The largest absolute Gasteiger partial charge is 0.488 e. The van der Waals surface area contributed by atoms with E-state index in [0.29, 0.717) is 23.6 Å². The molecule has 3 rings (SSSR count). The Kier molecular flexibility index (Phi) is 5.93. The fourth-order valence-corrected chi connectivity index (χ4v) is 3.96. The van der Waals surface area contributed by atoms with Gasteiger partial charge in [-0.15, -0.1) is 11.3 Å². The van der Waals surface area contributed by atoms with E-state index in [-0.39, 0.29) is 16.6 Å². The van der Waals surface area contributed by atoms with E-state index in [4.69, 9.17) is 4.74 Å². The predicted molar refractivity (Wildman–Crippen MR) is 107 cm³/mol. The molecule has 2 aromatic carbocycles. The Morgan fingerprint density at radius 2 is 1.89 bits per heavy atom. The van der Waals surface area contributed by atoms with Gasteiger partial charge in [0.1, 0.15) is 12.4 Å². The molecule has 1 aromatic heterocycles. The molecule has 0 aliphatic rings.